The second-order valence-corrected chi connectivity index (χ2v) is 12.8. The minimum atomic E-state index is -1.46. The summed E-state index contributed by atoms with van der Waals surface area (Å²) in [7, 11) is 0. The molecular formula is C38H59FN4O. The number of nitrogens with zero attached hydrogens (tertiary/aromatic N) is 4. The van der Waals surface area contributed by atoms with Crippen LogP contribution in [0.5, 0.6) is 0 Å². The highest BCUT2D eigenvalue weighted by atomic mass is 19.1. The van der Waals surface area contributed by atoms with E-state index in [2.05, 4.69) is 71.6 Å². The monoisotopic (exact) mass is 606 g/mol. The van der Waals surface area contributed by atoms with E-state index >= 15 is 0 Å². The number of alkyl halides is 1. The maximum atomic E-state index is 14.5. The van der Waals surface area contributed by atoms with Gasteiger partial charge in [0.2, 0.25) is 0 Å². The Morgan fingerprint density at radius 2 is 1.61 bits per heavy atom. The molecule has 0 bridgehead atoms. The highest BCUT2D eigenvalue weighted by Gasteiger charge is 2.36. The molecule has 5 nitrogen and oxygen atoms in total. The molecule has 0 spiro atoms. The number of amides is 1. The van der Waals surface area contributed by atoms with Gasteiger partial charge in [0.15, 0.2) is 6.17 Å². The standard InChI is InChI=1S/C25H40FN3O.C13H19N/c1-8-10-13-27-18(3)22(21(9-2)20-11-12-20)19(4)28-14-16-29(17-15-28)24(30)23(26)25(5,6)7;1-4-6-7-9-13(11-14)10-12(3)8-5-2/h9-10,13,20,23H,8,11-12,14-17H2,1-7H3;6-7,9-10H,4-5,8H2,1-3H3/b13-10+,21-9-,22-19-,27-18+;7-6+,12-10+,13-9+. The lowest BCUT2D eigenvalue weighted by Crippen LogP contribution is -2.52. The third-order valence-corrected chi connectivity index (χ3v) is 7.82. The van der Waals surface area contributed by atoms with E-state index in [4.69, 9.17) is 10.3 Å². The maximum Gasteiger partial charge on any atom is 0.257 e. The molecule has 6 heteroatoms. The molecule has 2 aliphatic rings. The van der Waals surface area contributed by atoms with Crippen molar-refractivity contribution in [2.45, 2.75) is 114 Å². The Morgan fingerprint density at radius 1 is 1.02 bits per heavy atom. The lowest BCUT2D eigenvalue weighted by molar-refractivity contribution is -0.142. The Bertz CT molecular complexity index is 1170. The van der Waals surface area contributed by atoms with Gasteiger partial charge in [0.05, 0.1) is 11.6 Å². The van der Waals surface area contributed by atoms with Crippen molar-refractivity contribution in [1.82, 2.24) is 9.80 Å². The lowest BCUT2D eigenvalue weighted by Gasteiger charge is -2.39. The van der Waals surface area contributed by atoms with Crippen LogP contribution in [0.25, 0.3) is 0 Å². The second-order valence-electron chi connectivity index (χ2n) is 12.8. The van der Waals surface area contributed by atoms with Gasteiger partial charge in [0.25, 0.3) is 5.91 Å². The van der Waals surface area contributed by atoms with E-state index in [0.29, 0.717) is 19.0 Å². The second kappa shape index (κ2) is 20.0. The predicted molar refractivity (Wildman–Crippen MR) is 186 cm³/mol. The van der Waals surface area contributed by atoms with Crippen LogP contribution in [0.4, 0.5) is 4.39 Å². The zero-order valence-corrected chi connectivity index (χ0v) is 29.3. The summed E-state index contributed by atoms with van der Waals surface area (Å²) in [6, 6.07) is 2.18. The third-order valence-electron chi connectivity index (χ3n) is 7.82. The van der Waals surface area contributed by atoms with Crippen molar-refractivity contribution < 1.29 is 9.18 Å². The molecule has 1 heterocycles. The summed E-state index contributed by atoms with van der Waals surface area (Å²) in [4.78, 5) is 21.3. The smallest absolute Gasteiger partial charge is 0.257 e. The molecular weight excluding hydrogens is 547 g/mol. The number of hydrogen-bond donors (Lipinski definition) is 0. The normalized spacial score (nSPS) is 18.7. The molecule has 44 heavy (non-hydrogen) atoms. The summed E-state index contributed by atoms with van der Waals surface area (Å²) in [6.45, 7) is 22.6. The van der Waals surface area contributed by atoms with Crippen LogP contribution in [-0.2, 0) is 4.79 Å². The summed E-state index contributed by atoms with van der Waals surface area (Å²) in [5, 5.41) is 8.85. The van der Waals surface area contributed by atoms with Crippen molar-refractivity contribution in [2.24, 2.45) is 16.3 Å². The Balaban J connectivity index is 0.000000582. The van der Waals surface area contributed by atoms with Crippen molar-refractivity contribution in [2.75, 3.05) is 26.2 Å². The van der Waals surface area contributed by atoms with Gasteiger partial charge in [-0.15, -0.1) is 0 Å². The average Bonchev–Trinajstić information content (AvgIpc) is 3.84. The fraction of sp³-hybridized carbons (Fsp3) is 0.605. The first-order valence-electron chi connectivity index (χ1n) is 16.5. The molecule has 1 aliphatic heterocycles. The van der Waals surface area contributed by atoms with Gasteiger partial charge in [-0.3, -0.25) is 9.79 Å². The fourth-order valence-corrected chi connectivity index (χ4v) is 5.10. The number of carbonyl (C=O) groups excluding carboxylic acids is 1. The van der Waals surface area contributed by atoms with Crippen molar-refractivity contribution in [1.29, 1.82) is 5.26 Å². The van der Waals surface area contributed by atoms with Crippen molar-refractivity contribution in [3.05, 3.63) is 70.6 Å². The predicted octanol–water partition coefficient (Wildman–Crippen LogP) is 9.68. The Morgan fingerprint density at radius 3 is 2.09 bits per heavy atom. The number of nitriles is 1. The molecule has 1 amide bonds. The fourth-order valence-electron chi connectivity index (χ4n) is 5.10. The van der Waals surface area contributed by atoms with Gasteiger partial charge in [-0.2, -0.15) is 5.26 Å². The van der Waals surface area contributed by atoms with Crippen molar-refractivity contribution >= 4 is 11.6 Å². The first-order valence-corrected chi connectivity index (χ1v) is 16.5. The van der Waals surface area contributed by atoms with Gasteiger partial charge in [0, 0.05) is 54.8 Å². The number of allylic oxidation sites excluding steroid dienone is 11. The molecule has 2 rings (SSSR count). The Kier molecular flexibility index (Phi) is 17.6. The molecule has 0 aromatic carbocycles. The first-order chi connectivity index (χ1) is 20.9. The first kappa shape index (κ1) is 38.8. The van der Waals surface area contributed by atoms with Crippen LogP contribution in [0.15, 0.2) is 75.6 Å². The Labute approximate surface area is 268 Å². The van der Waals surface area contributed by atoms with Crippen LogP contribution >= 0.6 is 0 Å². The van der Waals surface area contributed by atoms with Crippen LogP contribution in [-0.4, -0.2) is 53.8 Å². The number of rotatable bonds is 12. The molecule has 1 saturated carbocycles. The Hall–Kier alpha value is -3.20. The summed E-state index contributed by atoms with van der Waals surface area (Å²) < 4.78 is 14.5. The molecule has 0 aromatic rings. The molecule has 1 atom stereocenters. The number of aliphatic imine (C=N–C) groups is 1. The van der Waals surface area contributed by atoms with Gasteiger partial charge in [-0.25, -0.2) is 4.39 Å². The van der Waals surface area contributed by atoms with Crippen LogP contribution in [0.3, 0.4) is 0 Å². The summed E-state index contributed by atoms with van der Waals surface area (Å²) in [6.07, 6.45) is 19.2. The molecule has 0 radical (unpaired) electrons. The number of piperazine rings is 1. The molecule has 0 aromatic heterocycles. The molecule has 1 aliphatic carbocycles. The van der Waals surface area contributed by atoms with E-state index in [1.165, 1.54) is 35.3 Å². The number of carbonyl (C=O) groups is 1. The summed E-state index contributed by atoms with van der Waals surface area (Å²) >= 11 is 0. The van der Waals surface area contributed by atoms with E-state index in [0.717, 1.165) is 50.1 Å². The highest BCUT2D eigenvalue weighted by molar-refractivity contribution is 6.03. The van der Waals surface area contributed by atoms with E-state index in [1.807, 2.05) is 30.5 Å². The van der Waals surface area contributed by atoms with Crippen LogP contribution in [0.2, 0.25) is 0 Å². The minimum Gasteiger partial charge on any atom is -0.371 e. The zero-order chi connectivity index (χ0) is 33.3. The molecule has 2 fully saturated rings. The van der Waals surface area contributed by atoms with Gasteiger partial charge < -0.3 is 9.80 Å². The lowest BCUT2D eigenvalue weighted by atomic mass is 9.89. The summed E-state index contributed by atoms with van der Waals surface area (Å²) in [5.74, 6) is 0.251. The molecule has 1 saturated heterocycles. The van der Waals surface area contributed by atoms with Gasteiger partial charge in [0.1, 0.15) is 0 Å². The van der Waals surface area contributed by atoms with Crippen LogP contribution in [0, 0.1) is 22.7 Å². The van der Waals surface area contributed by atoms with Crippen molar-refractivity contribution in [3.63, 3.8) is 0 Å². The quantitative estimate of drug-likeness (QED) is 0.126. The molecule has 0 N–H and O–H groups in total. The largest absolute Gasteiger partial charge is 0.371 e. The number of halogens is 1. The molecule has 1 unspecified atom stereocenters. The van der Waals surface area contributed by atoms with Gasteiger partial charge in [-0.1, -0.05) is 77.8 Å². The van der Waals surface area contributed by atoms with Gasteiger partial charge >= 0.3 is 0 Å². The van der Waals surface area contributed by atoms with E-state index in [1.54, 1.807) is 25.7 Å². The third kappa shape index (κ3) is 13.2. The maximum absolute atomic E-state index is 14.5. The van der Waals surface area contributed by atoms with Crippen molar-refractivity contribution in [3.8, 4) is 6.07 Å². The highest BCUT2D eigenvalue weighted by Crippen LogP contribution is 2.41. The van der Waals surface area contributed by atoms with E-state index in [-0.39, 0.29) is 5.91 Å². The van der Waals surface area contributed by atoms with E-state index in [9.17, 15) is 9.18 Å². The zero-order valence-electron chi connectivity index (χ0n) is 29.3. The minimum absolute atomic E-state index is 0.376. The average molecular weight is 607 g/mol. The topological polar surface area (TPSA) is 59.7 Å². The molecule has 244 valence electrons. The SMILES string of the molecule is CC/C=C/C=C(C#N)\C=C(/C)CCC.C\C=C(C(/C(C)=N/C=C/CC)=C(/C)N1CCN(C(=O)C(F)C(C)(C)C)CC1)\C1CC1. The van der Waals surface area contributed by atoms with E-state index < -0.39 is 11.6 Å². The van der Waals surface area contributed by atoms with Crippen LogP contribution < -0.4 is 0 Å². The van der Waals surface area contributed by atoms with Crippen LogP contribution in [0.1, 0.15) is 108 Å². The summed E-state index contributed by atoms with van der Waals surface area (Å²) in [5.41, 5.74) is 6.20. The van der Waals surface area contributed by atoms with Gasteiger partial charge in [-0.05, 0) is 83.4 Å². The number of hydrogen-bond acceptors (Lipinski definition) is 4.